The molecule has 6 heteroatoms. The van der Waals surface area contributed by atoms with Crippen molar-refractivity contribution in [3.63, 3.8) is 0 Å². The second kappa shape index (κ2) is 7.55. The summed E-state index contributed by atoms with van der Waals surface area (Å²) in [6.45, 7) is 1.40. The molecule has 0 radical (unpaired) electrons. The van der Waals surface area contributed by atoms with Crippen molar-refractivity contribution in [1.82, 2.24) is 15.0 Å². The van der Waals surface area contributed by atoms with Crippen LogP contribution in [0.3, 0.4) is 0 Å². The molecule has 1 aromatic heterocycles. The SMILES string of the molecule is C[C@@H](F)c1nc(N)nc(NC(CCc2ccccc2)C2CCC2)n1. The summed E-state index contributed by atoms with van der Waals surface area (Å²) >= 11 is 0. The lowest BCUT2D eigenvalue weighted by atomic mass is 9.78. The maximum atomic E-state index is 13.5. The van der Waals surface area contributed by atoms with Crippen LogP contribution in [-0.4, -0.2) is 21.0 Å². The number of hydrogen-bond acceptors (Lipinski definition) is 5. The molecule has 1 aliphatic rings. The minimum absolute atomic E-state index is 0.0578. The number of alkyl halides is 1. The summed E-state index contributed by atoms with van der Waals surface area (Å²) in [7, 11) is 0. The van der Waals surface area contributed by atoms with E-state index in [2.05, 4.69) is 44.5 Å². The van der Waals surface area contributed by atoms with Crippen molar-refractivity contribution < 1.29 is 4.39 Å². The van der Waals surface area contributed by atoms with Gasteiger partial charge in [0.25, 0.3) is 0 Å². The Labute approximate surface area is 141 Å². The van der Waals surface area contributed by atoms with Crippen LogP contribution in [0.25, 0.3) is 0 Å². The van der Waals surface area contributed by atoms with Gasteiger partial charge in [-0.3, -0.25) is 0 Å². The normalized spacial score (nSPS) is 17.1. The van der Waals surface area contributed by atoms with Crippen LogP contribution in [0, 0.1) is 5.92 Å². The molecule has 1 unspecified atom stereocenters. The average Bonchev–Trinajstić information content (AvgIpc) is 2.51. The minimum Gasteiger partial charge on any atom is -0.368 e. The molecule has 0 bridgehead atoms. The molecule has 2 atom stereocenters. The molecule has 1 fully saturated rings. The Balaban J connectivity index is 1.70. The molecule has 1 heterocycles. The first-order chi connectivity index (χ1) is 11.6. The van der Waals surface area contributed by atoms with Gasteiger partial charge in [-0.2, -0.15) is 15.0 Å². The Bertz CT molecular complexity index is 658. The van der Waals surface area contributed by atoms with E-state index in [9.17, 15) is 4.39 Å². The fraction of sp³-hybridized carbons (Fsp3) is 0.500. The lowest BCUT2D eigenvalue weighted by molar-refractivity contribution is 0.265. The van der Waals surface area contributed by atoms with E-state index in [-0.39, 0.29) is 17.8 Å². The second-order valence-corrected chi connectivity index (χ2v) is 6.46. The molecule has 0 spiro atoms. The van der Waals surface area contributed by atoms with Gasteiger partial charge in [0.1, 0.15) is 0 Å². The molecule has 1 aromatic carbocycles. The van der Waals surface area contributed by atoms with Crippen molar-refractivity contribution in [3.05, 3.63) is 41.7 Å². The Morgan fingerprint density at radius 2 is 1.96 bits per heavy atom. The van der Waals surface area contributed by atoms with Gasteiger partial charge in [0.05, 0.1) is 0 Å². The standard InChI is InChI=1S/C18H24FN5/c1-12(19)16-22-17(20)24-18(23-16)21-15(14-8-5-9-14)11-10-13-6-3-2-4-7-13/h2-4,6-7,12,14-15H,5,8-11H2,1H3,(H3,20,21,22,23,24)/t12-,15?/m1/s1. The van der Waals surface area contributed by atoms with Gasteiger partial charge in [0.2, 0.25) is 11.9 Å². The fourth-order valence-electron chi connectivity index (χ4n) is 3.05. The predicted octanol–water partition coefficient (Wildman–Crippen LogP) is 3.70. The van der Waals surface area contributed by atoms with E-state index in [4.69, 9.17) is 5.73 Å². The van der Waals surface area contributed by atoms with Crippen LogP contribution in [0.5, 0.6) is 0 Å². The highest BCUT2D eigenvalue weighted by Crippen LogP contribution is 2.33. The Morgan fingerprint density at radius 1 is 1.21 bits per heavy atom. The zero-order valence-corrected chi connectivity index (χ0v) is 14.0. The van der Waals surface area contributed by atoms with Gasteiger partial charge in [0, 0.05) is 6.04 Å². The van der Waals surface area contributed by atoms with Gasteiger partial charge >= 0.3 is 0 Å². The van der Waals surface area contributed by atoms with Gasteiger partial charge in [0.15, 0.2) is 12.0 Å². The van der Waals surface area contributed by atoms with Crippen LogP contribution in [0.4, 0.5) is 16.3 Å². The first-order valence-corrected chi connectivity index (χ1v) is 8.58. The van der Waals surface area contributed by atoms with E-state index < -0.39 is 6.17 Å². The topological polar surface area (TPSA) is 76.7 Å². The Kier molecular flexibility index (Phi) is 5.23. The zero-order valence-electron chi connectivity index (χ0n) is 14.0. The third kappa shape index (κ3) is 4.19. The van der Waals surface area contributed by atoms with Crippen LogP contribution in [0.1, 0.15) is 50.2 Å². The van der Waals surface area contributed by atoms with Crippen LogP contribution in [-0.2, 0) is 6.42 Å². The highest BCUT2D eigenvalue weighted by Gasteiger charge is 2.28. The second-order valence-electron chi connectivity index (χ2n) is 6.46. The summed E-state index contributed by atoms with van der Waals surface area (Å²) < 4.78 is 13.5. The number of halogens is 1. The highest BCUT2D eigenvalue weighted by atomic mass is 19.1. The van der Waals surface area contributed by atoms with E-state index in [1.165, 1.54) is 31.7 Å². The molecule has 3 N–H and O–H groups in total. The first kappa shape index (κ1) is 16.6. The van der Waals surface area contributed by atoms with Crippen LogP contribution in [0.2, 0.25) is 0 Å². The van der Waals surface area contributed by atoms with Gasteiger partial charge in [-0.25, -0.2) is 4.39 Å². The lowest BCUT2D eigenvalue weighted by Crippen LogP contribution is -2.35. The van der Waals surface area contributed by atoms with Crippen LogP contribution >= 0.6 is 0 Å². The number of nitrogens with two attached hydrogens (primary N) is 1. The van der Waals surface area contributed by atoms with Gasteiger partial charge in [-0.1, -0.05) is 36.8 Å². The third-order valence-electron chi connectivity index (χ3n) is 4.65. The van der Waals surface area contributed by atoms with E-state index >= 15 is 0 Å². The number of anilines is 2. The molecule has 0 amide bonds. The average molecular weight is 329 g/mol. The number of nitrogens with one attached hydrogen (secondary N) is 1. The number of hydrogen-bond donors (Lipinski definition) is 2. The summed E-state index contributed by atoms with van der Waals surface area (Å²) in [6, 6.07) is 10.7. The summed E-state index contributed by atoms with van der Waals surface area (Å²) in [4.78, 5) is 12.2. The zero-order chi connectivity index (χ0) is 16.9. The molecular formula is C18H24FN5. The predicted molar refractivity (Wildman–Crippen MR) is 93.3 cm³/mol. The summed E-state index contributed by atoms with van der Waals surface area (Å²) in [6.07, 6.45) is 4.39. The maximum Gasteiger partial charge on any atom is 0.228 e. The molecule has 3 rings (SSSR count). The molecule has 0 aliphatic heterocycles. The van der Waals surface area contributed by atoms with Crippen molar-refractivity contribution in [2.45, 2.75) is 51.2 Å². The van der Waals surface area contributed by atoms with E-state index in [0.29, 0.717) is 11.9 Å². The number of rotatable bonds is 7. The van der Waals surface area contributed by atoms with Crippen molar-refractivity contribution >= 4 is 11.9 Å². The molecule has 24 heavy (non-hydrogen) atoms. The molecule has 128 valence electrons. The lowest BCUT2D eigenvalue weighted by Gasteiger charge is -2.34. The number of nitrogen functional groups attached to an aromatic ring is 1. The Hall–Kier alpha value is -2.24. The largest absolute Gasteiger partial charge is 0.368 e. The monoisotopic (exact) mass is 329 g/mol. The Morgan fingerprint density at radius 3 is 2.58 bits per heavy atom. The van der Waals surface area contributed by atoms with Crippen molar-refractivity contribution in [1.29, 1.82) is 0 Å². The highest BCUT2D eigenvalue weighted by molar-refractivity contribution is 5.33. The maximum absolute atomic E-state index is 13.5. The fourth-order valence-corrected chi connectivity index (χ4v) is 3.05. The molecule has 5 nitrogen and oxygen atoms in total. The van der Waals surface area contributed by atoms with Crippen molar-refractivity contribution in [2.75, 3.05) is 11.1 Å². The van der Waals surface area contributed by atoms with E-state index in [1.54, 1.807) is 0 Å². The smallest absolute Gasteiger partial charge is 0.228 e. The number of benzene rings is 1. The van der Waals surface area contributed by atoms with Crippen molar-refractivity contribution in [3.8, 4) is 0 Å². The van der Waals surface area contributed by atoms with Crippen LogP contribution < -0.4 is 11.1 Å². The van der Waals surface area contributed by atoms with Crippen LogP contribution in [0.15, 0.2) is 30.3 Å². The van der Waals surface area contributed by atoms with Gasteiger partial charge < -0.3 is 11.1 Å². The summed E-state index contributed by atoms with van der Waals surface area (Å²) in [5, 5.41) is 3.38. The quantitative estimate of drug-likeness (QED) is 0.810. The van der Waals surface area contributed by atoms with E-state index in [0.717, 1.165) is 12.8 Å². The number of nitrogens with zero attached hydrogens (tertiary/aromatic N) is 3. The summed E-state index contributed by atoms with van der Waals surface area (Å²) in [5.74, 6) is 1.13. The van der Waals surface area contributed by atoms with Crippen molar-refractivity contribution in [2.24, 2.45) is 5.92 Å². The first-order valence-electron chi connectivity index (χ1n) is 8.58. The van der Waals surface area contributed by atoms with Gasteiger partial charge in [-0.15, -0.1) is 0 Å². The third-order valence-corrected chi connectivity index (χ3v) is 4.65. The minimum atomic E-state index is -1.26. The number of aryl methyl sites for hydroxylation is 1. The number of aromatic nitrogens is 3. The molecule has 2 aromatic rings. The molecule has 0 saturated heterocycles. The summed E-state index contributed by atoms with van der Waals surface area (Å²) in [5.41, 5.74) is 7.01. The van der Waals surface area contributed by atoms with E-state index in [1.807, 2.05) is 6.07 Å². The van der Waals surface area contributed by atoms with Gasteiger partial charge in [-0.05, 0) is 44.1 Å². The molecule has 1 saturated carbocycles. The molecular weight excluding hydrogens is 305 g/mol. The molecule has 1 aliphatic carbocycles.